The molecular formula is C18H21ClN4O3. The number of primary amides is 1. The number of benzene rings is 1. The fraction of sp³-hybridized carbons (Fsp3) is 0.278. The smallest absolute Gasteiger partial charge is 0.255 e. The van der Waals surface area contributed by atoms with Gasteiger partial charge in [-0.15, -0.1) is 12.4 Å². The van der Waals surface area contributed by atoms with E-state index in [1.165, 1.54) is 0 Å². The number of halogens is 1. The molecule has 1 aromatic carbocycles. The summed E-state index contributed by atoms with van der Waals surface area (Å²) >= 11 is 0. The largest absolute Gasteiger partial charge is 0.484 e. The quantitative estimate of drug-likeness (QED) is 0.815. The van der Waals surface area contributed by atoms with Gasteiger partial charge in [0.1, 0.15) is 5.75 Å². The Hall–Kier alpha value is -2.64. The maximum absolute atomic E-state index is 13.0. The number of nitrogens with zero attached hydrogens (tertiary/aromatic N) is 2. The van der Waals surface area contributed by atoms with Crippen LogP contribution in [0, 0.1) is 0 Å². The second-order valence-corrected chi connectivity index (χ2v) is 5.79. The molecule has 26 heavy (non-hydrogen) atoms. The molecule has 1 atom stereocenters. The van der Waals surface area contributed by atoms with Crippen molar-refractivity contribution in [3.05, 3.63) is 59.9 Å². The van der Waals surface area contributed by atoms with Gasteiger partial charge in [-0.2, -0.15) is 0 Å². The van der Waals surface area contributed by atoms with E-state index in [-0.39, 0.29) is 31.0 Å². The minimum absolute atomic E-state index is 0. The minimum atomic E-state index is -0.560. The number of carbonyl (C=O) groups excluding carboxylic acids is 2. The van der Waals surface area contributed by atoms with Crippen LogP contribution in [0.4, 0.5) is 0 Å². The molecule has 7 nitrogen and oxygen atoms in total. The molecule has 1 aromatic heterocycles. The third kappa shape index (κ3) is 4.71. The van der Waals surface area contributed by atoms with Gasteiger partial charge < -0.3 is 20.7 Å². The number of rotatable bonds is 5. The van der Waals surface area contributed by atoms with Gasteiger partial charge in [-0.1, -0.05) is 12.1 Å². The minimum Gasteiger partial charge on any atom is -0.484 e. The molecule has 0 bridgehead atoms. The zero-order valence-electron chi connectivity index (χ0n) is 14.1. The van der Waals surface area contributed by atoms with Crippen LogP contribution < -0.4 is 15.8 Å². The van der Waals surface area contributed by atoms with Gasteiger partial charge in [-0.3, -0.25) is 14.6 Å². The molecule has 138 valence electrons. The number of carbonyl (C=O) groups is 2. The van der Waals surface area contributed by atoms with Gasteiger partial charge >= 0.3 is 0 Å². The Bertz CT molecular complexity index is 757. The summed E-state index contributed by atoms with van der Waals surface area (Å²) in [5.41, 5.74) is 6.59. The zero-order chi connectivity index (χ0) is 17.6. The number of aromatic nitrogens is 1. The van der Waals surface area contributed by atoms with Crippen LogP contribution in [-0.2, 0) is 4.79 Å². The SMILES string of the molecule is Cl.NC(=O)COc1cccc(C(=O)N2CCNCC2c2cccnc2)c1. The maximum atomic E-state index is 13.0. The Morgan fingerprint density at radius 1 is 1.31 bits per heavy atom. The van der Waals surface area contributed by atoms with E-state index < -0.39 is 5.91 Å². The van der Waals surface area contributed by atoms with Gasteiger partial charge in [0, 0.05) is 37.6 Å². The van der Waals surface area contributed by atoms with Crippen molar-refractivity contribution in [2.45, 2.75) is 6.04 Å². The van der Waals surface area contributed by atoms with Crippen molar-refractivity contribution in [1.82, 2.24) is 15.2 Å². The van der Waals surface area contributed by atoms with Crippen LogP contribution in [0.3, 0.4) is 0 Å². The van der Waals surface area contributed by atoms with E-state index in [1.807, 2.05) is 17.0 Å². The Balaban J connectivity index is 0.00000243. The lowest BCUT2D eigenvalue weighted by Crippen LogP contribution is -2.48. The van der Waals surface area contributed by atoms with Crippen LogP contribution in [-0.4, -0.2) is 47.9 Å². The summed E-state index contributed by atoms with van der Waals surface area (Å²) in [6.45, 7) is 1.80. The molecule has 1 unspecified atom stereocenters. The fourth-order valence-electron chi connectivity index (χ4n) is 2.86. The first-order chi connectivity index (χ1) is 12.1. The summed E-state index contributed by atoms with van der Waals surface area (Å²) < 4.78 is 5.29. The summed E-state index contributed by atoms with van der Waals surface area (Å²) in [6, 6.07) is 10.5. The monoisotopic (exact) mass is 376 g/mol. The van der Waals surface area contributed by atoms with Crippen molar-refractivity contribution in [3.63, 3.8) is 0 Å². The van der Waals surface area contributed by atoms with Crippen molar-refractivity contribution in [2.75, 3.05) is 26.2 Å². The Kier molecular flexibility index (Phi) is 6.94. The van der Waals surface area contributed by atoms with Gasteiger partial charge in [0.05, 0.1) is 6.04 Å². The Labute approximate surface area is 157 Å². The molecule has 1 aliphatic heterocycles. The van der Waals surface area contributed by atoms with E-state index in [0.29, 0.717) is 24.4 Å². The third-order valence-electron chi connectivity index (χ3n) is 4.04. The molecule has 1 saturated heterocycles. The fourth-order valence-corrected chi connectivity index (χ4v) is 2.86. The molecule has 8 heteroatoms. The molecule has 2 aromatic rings. The number of pyridine rings is 1. The lowest BCUT2D eigenvalue weighted by atomic mass is 10.0. The van der Waals surface area contributed by atoms with Crippen LogP contribution in [0.15, 0.2) is 48.8 Å². The first kappa shape index (κ1) is 19.7. The number of piperazine rings is 1. The van der Waals surface area contributed by atoms with Crippen molar-refractivity contribution >= 4 is 24.2 Å². The summed E-state index contributed by atoms with van der Waals surface area (Å²) in [7, 11) is 0. The van der Waals surface area contributed by atoms with Crippen molar-refractivity contribution < 1.29 is 14.3 Å². The molecule has 0 radical (unpaired) electrons. The first-order valence-corrected chi connectivity index (χ1v) is 8.08. The molecule has 0 saturated carbocycles. The van der Waals surface area contributed by atoms with Crippen LogP contribution in [0.1, 0.15) is 22.0 Å². The molecule has 0 spiro atoms. The van der Waals surface area contributed by atoms with E-state index >= 15 is 0 Å². The molecule has 1 aliphatic rings. The zero-order valence-corrected chi connectivity index (χ0v) is 14.9. The normalized spacial score (nSPS) is 16.5. The second-order valence-electron chi connectivity index (χ2n) is 5.79. The number of hydrogen-bond acceptors (Lipinski definition) is 5. The summed E-state index contributed by atoms with van der Waals surface area (Å²) in [5.74, 6) is -0.201. The lowest BCUT2D eigenvalue weighted by molar-refractivity contribution is -0.119. The van der Waals surface area contributed by atoms with E-state index in [2.05, 4.69) is 10.3 Å². The summed E-state index contributed by atoms with van der Waals surface area (Å²) in [6.07, 6.45) is 3.50. The molecule has 3 N–H and O–H groups in total. The van der Waals surface area contributed by atoms with Gasteiger partial charge in [0.2, 0.25) is 0 Å². The topological polar surface area (TPSA) is 97.6 Å². The van der Waals surface area contributed by atoms with E-state index in [9.17, 15) is 9.59 Å². The number of nitrogens with two attached hydrogens (primary N) is 1. The summed E-state index contributed by atoms with van der Waals surface area (Å²) in [5, 5.41) is 3.32. The summed E-state index contributed by atoms with van der Waals surface area (Å²) in [4.78, 5) is 29.8. The van der Waals surface area contributed by atoms with Crippen molar-refractivity contribution in [1.29, 1.82) is 0 Å². The van der Waals surface area contributed by atoms with Crippen LogP contribution >= 0.6 is 12.4 Å². The van der Waals surface area contributed by atoms with Gasteiger partial charge in [0.25, 0.3) is 11.8 Å². The Morgan fingerprint density at radius 3 is 2.88 bits per heavy atom. The van der Waals surface area contributed by atoms with Gasteiger partial charge in [0.15, 0.2) is 6.61 Å². The highest BCUT2D eigenvalue weighted by molar-refractivity contribution is 5.95. The molecule has 2 amide bonds. The average Bonchev–Trinajstić information content (AvgIpc) is 2.67. The van der Waals surface area contributed by atoms with Crippen LogP contribution in [0.2, 0.25) is 0 Å². The molecule has 3 rings (SSSR count). The standard InChI is InChI=1S/C18H20N4O3.ClH/c19-17(23)12-25-15-5-1-3-13(9-15)18(24)22-8-7-21-11-16(22)14-4-2-6-20-10-14;/h1-6,9-10,16,21H,7-8,11-12H2,(H2,19,23);1H. The predicted octanol–water partition coefficient (Wildman–Crippen LogP) is 1.15. The predicted molar refractivity (Wildman–Crippen MR) is 99.3 cm³/mol. The van der Waals surface area contributed by atoms with Gasteiger partial charge in [-0.05, 0) is 29.8 Å². The number of ether oxygens (including phenoxy) is 1. The average molecular weight is 377 g/mol. The van der Waals surface area contributed by atoms with Gasteiger partial charge in [-0.25, -0.2) is 0 Å². The second kappa shape index (κ2) is 9.17. The maximum Gasteiger partial charge on any atom is 0.255 e. The molecule has 2 heterocycles. The number of hydrogen-bond donors (Lipinski definition) is 2. The van der Waals surface area contributed by atoms with Crippen LogP contribution in [0.5, 0.6) is 5.75 Å². The number of amides is 2. The highest BCUT2D eigenvalue weighted by atomic mass is 35.5. The first-order valence-electron chi connectivity index (χ1n) is 8.08. The highest BCUT2D eigenvalue weighted by Gasteiger charge is 2.28. The van der Waals surface area contributed by atoms with E-state index in [0.717, 1.165) is 12.1 Å². The van der Waals surface area contributed by atoms with Crippen LogP contribution in [0.25, 0.3) is 0 Å². The van der Waals surface area contributed by atoms with Crippen molar-refractivity contribution in [2.24, 2.45) is 5.73 Å². The van der Waals surface area contributed by atoms with Crippen molar-refractivity contribution in [3.8, 4) is 5.75 Å². The molecule has 0 aliphatic carbocycles. The molecule has 1 fully saturated rings. The van der Waals surface area contributed by atoms with E-state index in [4.69, 9.17) is 10.5 Å². The lowest BCUT2D eigenvalue weighted by Gasteiger charge is -2.36. The number of nitrogens with one attached hydrogen (secondary N) is 1. The Morgan fingerprint density at radius 2 is 2.15 bits per heavy atom. The van der Waals surface area contributed by atoms with E-state index in [1.54, 1.807) is 36.7 Å². The third-order valence-corrected chi connectivity index (χ3v) is 4.04. The highest BCUT2D eigenvalue weighted by Crippen LogP contribution is 2.24. The molecular weight excluding hydrogens is 356 g/mol.